The maximum Gasteiger partial charge on any atom is 0.217 e. The van der Waals surface area contributed by atoms with E-state index in [0.29, 0.717) is 6.54 Å². The van der Waals surface area contributed by atoms with Gasteiger partial charge in [0.2, 0.25) is 5.91 Å². The van der Waals surface area contributed by atoms with Crippen molar-refractivity contribution in [2.45, 2.75) is 45.5 Å². The largest absolute Gasteiger partial charge is 0.392 e. The van der Waals surface area contributed by atoms with Gasteiger partial charge in [-0.3, -0.25) is 4.79 Å². The lowest BCUT2D eigenvalue weighted by Gasteiger charge is -2.42. The Labute approximate surface area is 225 Å². The molecule has 38 heavy (non-hydrogen) atoms. The average Bonchev–Trinajstić information content (AvgIpc) is 2.93. The highest BCUT2D eigenvalue weighted by Crippen LogP contribution is 2.42. The number of hydrogen-bond donors (Lipinski definition) is 2. The second-order valence-electron chi connectivity index (χ2n) is 10.1. The Balaban J connectivity index is 1.56. The Hall–Kier alpha value is -3.29. The van der Waals surface area contributed by atoms with E-state index in [9.17, 15) is 9.90 Å². The van der Waals surface area contributed by atoms with Crippen molar-refractivity contribution in [2.75, 3.05) is 20.1 Å². The lowest BCUT2D eigenvalue weighted by molar-refractivity contribution is -0.275. The van der Waals surface area contributed by atoms with Crippen molar-refractivity contribution in [3.8, 4) is 11.1 Å². The van der Waals surface area contributed by atoms with Crippen LogP contribution in [0, 0.1) is 5.92 Å². The third kappa shape index (κ3) is 6.97. The lowest BCUT2D eigenvalue weighted by atomic mass is 9.90. The first-order valence-electron chi connectivity index (χ1n) is 13.1. The second kappa shape index (κ2) is 13.0. The fourth-order valence-corrected chi connectivity index (χ4v) is 4.85. The summed E-state index contributed by atoms with van der Waals surface area (Å²) in [7, 11) is 2.07. The van der Waals surface area contributed by atoms with Gasteiger partial charge in [0.25, 0.3) is 0 Å². The molecule has 6 nitrogen and oxygen atoms in total. The number of rotatable bonds is 10. The molecule has 4 atom stereocenters. The molecular formula is C32H38N2O4. The van der Waals surface area contributed by atoms with Crippen LogP contribution in [0.15, 0.2) is 85.5 Å². The number of ether oxygens (including phenoxy) is 2. The Morgan fingerprint density at radius 1 is 1.00 bits per heavy atom. The van der Waals surface area contributed by atoms with Gasteiger partial charge >= 0.3 is 0 Å². The van der Waals surface area contributed by atoms with Crippen molar-refractivity contribution in [3.05, 3.63) is 108 Å². The van der Waals surface area contributed by atoms with Crippen LogP contribution in [0.3, 0.4) is 0 Å². The Bertz CT molecular complexity index is 1210. The second-order valence-corrected chi connectivity index (χ2v) is 10.1. The summed E-state index contributed by atoms with van der Waals surface area (Å²) in [6, 6.07) is 24.4. The normalized spacial score (nSPS) is 21.3. The Morgan fingerprint density at radius 2 is 1.71 bits per heavy atom. The summed E-state index contributed by atoms with van der Waals surface area (Å²) in [5.41, 5.74) is 6.14. The summed E-state index contributed by atoms with van der Waals surface area (Å²) in [6.45, 7) is 9.63. The van der Waals surface area contributed by atoms with Gasteiger partial charge in [0.1, 0.15) is 0 Å². The average molecular weight is 515 g/mol. The molecule has 1 aliphatic rings. The molecule has 0 saturated carbocycles. The summed E-state index contributed by atoms with van der Waals surface area (Å²) in [5, 5.41) is 12.3. The maximum atomic E-state index is 11.3. The minimum Gasteiger partial charge on any atom is -0.392 e. The maximum absolute atomic E-state index is 11.3. The summed E-state index contributed by atoms with van der Waals surface area (Å²) in [6.07, 6.45) is 1.22. The van der Waals surface area contributed by atoms with Crippen LogP contribution >= 0.6 is 0 Å². The smallest absolute Gasteiger partial charge is 0.217 e. The number of carbonyl (C=O) groups is 1. The fraction of sp³-hybridized carbons (Fsp3) is 0.344. The van der Waals surface area contributed by atoms with E-state index in [4.69, 9.17) is 9.47 Å². The van der Waals surface area contributed by atoms with Gasteiger partial charge in [0.15, 0.2) is 6.29 Å². The van der Waals surface area contributed by atoms with Crippen molar-refractivity contribution >= 4 is 5.91 Å². The van der Waals surface area contributed by atoms with Gasteiger partial charge in [0, 0.05) is 38.0 Å². The molecular weight excluding hydrogens is 476 g/mol. The molecule has 200 valence electrons. The van der Waals surface area contributed by atoms with E-state index in [1.165, 1.54) is 6.92 Å². The number of nitrogens with one attached hydrogen (secondary N) is 1. The van der Waals surface area contributed by atoms with Gasteiger partial charge in [-0.1, -0.05) is 79.7 Å². The number of hydrogen-bond acceptors (Lipinski definition) is 5. The zero-order valence-electron chi connectivity index (χ0n) is 22.5. The minimum atomic E-state index is -0.504. The van der Waals surface area contributed by atoms with Crippen molar-refractivity contribution in [3.63, 3.8) is 0 Å². The topological polar surface area (TPSA) is 71.0 Å². The molecule has 4 rings (SSSR count). The number of amides is 1. The predicted octanol–water partition coefficient (Wildman–Crippen LogP) is 5.39. The third-order valence-electron chi connectivity index (χ3n) is 7.04. The van der Waals surface area contributed by atoms with Crippen LogP contribution in [0.5, 0.6) is 0 Å². The lowest BCUT2D eigenvalue weighted by Crippen LogP contribution is -2.43. The van der Waals surface area contributed by atoms with E-state index >= 15 is 0 Å². The molecule has 0 unspecified atom stereocenters. The zero-order valence-corrected chi connectivity index (χ0v) is 22.5. The zero-order chi connectivity index (χ0) is 27.1. The highest BCUT2D eigenvalue weighted by atomic mass is 16.7. The van der Waals surface area contributed by atoms with Gasteiger partial charge in [-0.25, -0.2) is 0 Å². The van der Waals surface area contributed by atoms with Gasteiger partial charge < -0.3 is 24.8 Å². The first-order valence-corrected chi connectivity index (χ1v) is 13.1. The summed E-state index contributed by atoms with van der Waals surface area (Å²) in [4.78, 5) is 13.5. The number of nitrogens with zero attached hydrogens (tertiary/aromatic N) is 1. The van der Waals surface area contributed by atoms with Crippen LogP contribution in [-0.2, 0) is 27.4 Å². The SMILES string of the molecule is C=CCN(C)C[C@H]1O[C@@H](c2ccc(-c3cccc(CNC(C)=O)c3)cc2)O[C@@H](c2ccc(CO)cc2)[C@H]1C. The number of likely N-dealkylation sites (N-methyl/N-ethyl adjacent to an activating group) is 1. The number of carbonyl (C=O) groups excluding carboxylic acids is 1. The number of benzene rings is 3. The van der Waals surface area contributed by atoms with Crippen LogP contribution in [-0.4, -0.2) is 42.2 Å². The highest BCUT2D eigenvalue weighted by Gasteiger charge is 2.38. The van der Waals surface area contributed by atoms with Gasteiger partial charge in [-0.15, -0.1) is 6.58 Å². The molecule has 0 bridgehead atoms. The Morgan fingerprint density at radius 3 is 2.37 bits per heavy atom. The first kappa shape index (κ1) is 27.7. The van der Waals surface area contributed by atoms with E-state index in [1.807, 2.05) is 42.5 Å². The third-order valence-corrected chi connectivity index (χ3v) is 7.04. The summed E-state index contributed by atoms with van der Waals surface area (Å²) < 4.78 is 13.1. The van der Waals surface area contributed by atoms with Crippen molar-refractivity contribution < 1.29 is 19.4 Å². The minimum absolute atomic E-state index is 0.0184. The molecule has 2 N–H and O–H groups in total. The number of aliphatic hydroxyl groups excluding tert-OH is 1. The quantitative estimate of drug-likeness (QED) is 0.355. The van der Waals surface area contributed by atoms with Crippen LogP contribution in [0.25, 0.3) is 11.1 Å². The molecule has 0 aliphatic carbocycles. The molecule has 0 aromatic heterocycles. The molecule has 1 heterocycles. The van der Waals surface area contributed by atoms with Crippen LogP contribution in [0.1, 0.15) is 48.5 Å². The van der Waals surface area contributed by atoms with Crippen LogP contribution in [0.4, 0.5) is 0 Å². The summed E-state index contributed by atoms with van der Waals surface area (Å²) >= 11 is 0. The standard InChI is InChI=1S/C32H38N2O4/c1-5-17-34(4)20-30-22(2)31(27-11-9-24(21-35)10-12-27)38-32(37-30)28-15-13-26(14-16-28)29-8-6-7-25(18-29)19-33-23(3)36/h5-16,18,22,30-32,35H,1,17,19-21H2,2-4H3,(H,33,36)/t22-,30+,31+,32+/m0/s1. The molecule has 1 aliphatic heterocycles. The van der Waals surface area contributed by atoms with Gasteiger partial charge in [-0.2, -0.15) is 0 Å². The molecule has 0 spiro atoms. The van der Waals surface area contributed by atoms with Crippen molar-refractivity contribution in [1.82, 2.24) is 10.2 Å². The molecule has 6 heteroatoms. The van der Waals surface area contributed by atoms with Gasteiger partial charge in [-0.05, 0) is 40.9 Å². The summed E-state index contributed by atoms with van der Waals surface area (Å²) in [5.74, 6) is 0.0855. The van der Waals surface area contributed by atoms with Crippen LogP contribution in [0.2, 0.25) is 0 Å². The van der Waals surface area contributed by atoms with Crippen LogP contribution < -0.4 is 5.32 Å². The monoisotopic (exact) mass is 514 g/mol. The molecule has 1 saturated heterocycles. The van der Waals surface area contributed by atoms with E-state index in [0.717, 1.165) is 46.5 Å². The van der Waals surface area contributed by atoms with E-state index < -0.39 is 6.29 Å². The fourth-order valence-electron chi connectivity index (χ4n) is 4.85. The van der Waals surface area contributed by atoms with E-state index in [2.05, 4.69) is 67.2 Å². The van der Waals surface area contributed by atoms with Crippen molar-refractivity contribution in [1.29, 1.82) is 0 Å². The molecule has 0 radical (unpaired) electrons. The van der Waals surface area contributed by atoms with Gasteiger partial charge in [0.05, 0.1) is 18.8 Å². The predicted molar refractivity (Wildman–Crippen MR) is 150 cm³/mol. The van der Waals surface area contributed by atoms with E-state index in [1.54, 1.807) is 0 Å². The molecule has 1 amide bonds. The molecule has 3 aromatic carbocycles. The molecule has 1 fully saturated rings. The Kier molecular flexibility index (Phi) is 9.48. The first-order chi connectivity index (χ1) is 18.4. The van der Waals surface area contributed by atoms with Crippen molar-refractivity contribution in [2.24, 2.45) is 5.92 Å². The molecule has 3 aromatic rings. The van der Waals surface area contributed by atoms with E-state index in [-0.39, 0.29) is 30.6 Å². The highest BCUT2D eigenvalue weighted by molar-refractivity contribution is 5.73. The number of aliphatic hydroxyl groups is 1.